The van der Waals surface area contributed by atoms with Crippen molar-refractivity contribution >= 4 is 32.6 Å². The van der Waals surface area contributed by atoms with Gasteiger partial charge >= 0.3 is 0 Å². The van der Waals surface area contributed by atoms with Gasteiger partial charge in [-0.2, -0.15) is 0 Å². The Kier molecular flexibility index (Phi) is 5.97. The van der Waals surface area contributed by atoms with Crippen molar-refractivity contribution in [2.45, 2.75) is 6.54 Å². The number of pyridine rings is 1. The van der Waals surface area contributed by atoms with Crippen LogP contribution in [0.1, 0.15) is 16.1 Å². The number of thiazole rings is 1. The first-order chi connectivity index (χ1) is 16.6. The summed E-state index contributed by atoms with van der Waals surface area (Å²) in [6.07, 6.45) is 1.62. The molecule has 168 valence electrons. The van der Waals surface area contributed by atoms with E-state index in [9.17, 15) is 13.6 Å². The number of benzene rings is 3. The number of aromatic nitrogens is 2. The standard InChI is InChI=1S/C26H17F2N3O2S/c27-18-14-22(28)24-23(15-18)34-26(30-24)31(16-19-8-4-5-12-29-19)25(32)17-7-6-11-21(13-17)33-20-9-2-1-3-10-20/h1-15H,16H2. The minimum atomic E-state index is -0.777. The molecule has 5 nitrogen and oxygen atoms in total. The molecule has 5 aromatic rings. The largest absolute Gasteiger partial charge is 0.457 e. The molecule has 0 fully saturated rings. The van der Waals surface area contributed by atoms with E-state index in [-0.39, 0.29) is 23.1 Å². The smallest absolute Gasteiger partial charge is 0.260 e. The maximum atomic E-state index is 14.3. The number of nitrogens with zero attached hydrogens (tertiary/aromatic N) is 3. The molecule has 0 aliphatic rings. The summed E-state index contributed by atoms with van der Waals surface area (Å²) < 4.78 is 34.2. The van der Waals surface area contributed by atoms with Crippen LogP contribution in [0.25, 0.3) is 10.2 Å². The van der Waals surface area contributed by atoms with Crippen molar-refractivity contribution in [2.24, 2.45) is 0 Å². The van der Waals surface area contributed by atoms with E-state index in [2.05, 4.69) is 9.97 Å². The van der Waals surface area contributed by atoms with E-state index in [1.54, 1.807) is 42.6 Å². The maximum Gasteiger partial charge on any atom is 0.260 e. The van der Waals surface area contributed by atoms with E-state index in [1.165, 1.54) is 11.0 Å². The number of para-hydroxylation sites is 1. The molecule has 0 saturated heterocycles. The molecule has 5 rings (SSSR count). The SMILES string of the molecule is O=C(c1cccc(Oc2ccccc2)c1)N(Cc1ccccn1)c1nc2c(F)cc(F)cc2s1. The van der Waals surface area contributed by atoms with Gasteiger partial charge < -0.3 is 4.74 Å². The van der Waals surface area contributed by atoms with E-state index >= 15 is 0 Å². The number of anilines is 1. The van der Waals surface area contributed by atoms with Crippen LogP contribution in [0, 0.1) is 11.6 Å². The van der Waals surface area contributed by atoms with Gasteiger partial charge in [0.2, 0.25) is 0 Å². The summed E-state index contributed by atoms with van der Waals surface area (Å²) in [6.45, 7) is 0.105. The summed E-state index contributed by atoms with van der Waals surface area (Å²) in [4.78, 5) is 23.6. The number of hydrogen-bond donors (Lipinski definition) is 0. The summed E-state index contributed by atoms with van der Waals surface area (Å²) in [5.74, 6) is -0.716. The number of rotatable bonds is 6. The highest BCUT2D eigenvalue weighted by Gasteiger charge is 2.24. The van der Waals surface area contributed by atoms with Gasteiger partial charge in [-0.05, 0) is 48.5 Å². The second-order valence-electron chi connectivity index (χ2n) is 7.39. The van der Waals surface area contributed by atoms with Crippen LogP contribution < -0.4 is 9.64 Å². The third kappa shape index (κ3) is 4.62. The number of amides is 1. The Hall–Kier alpha value is -4.17. The molecule has 2 heterocycles. The lowest BCUT2D eigenvalue weighted by molar-refractivity contribution is 0.0984. The van der Waals surface area contributed by atoms with Crippen molar-refractivity contribution in [1.29, 1.82) is 0 Å². The Morgan fingerprint density at radius 2 is 1.71 bits per heavy atom. The van der Waals surface area contributed by atoms with E-state index in [4.69, 9.17) is 4.74 Å². The molecule has 0 bridgehead atoms. The van der Waals surface area contributed by atoms with Gasteiger partial charge in [0.25, 0.3) is 5.91 Å². The minimum absolute atomic E-state index is 0.0152. The second kappa shape index (κ2) is 9.36. The minimum Gasteiger partial charge on any atom is -0.457 e. The molecule has 8 heteroatoms. The Balaban J connectivity index is 1.52. The molecule has 34 heavy (non-hydrogen) atoms. The lowest BCUT2D eigenvalue weighted by Gasteiger charge is -2.20. The van der Waals surface area contributed by atoms with Crippen LogP contribution in [-0.2, 0) is 6.54 Å². The van der Waals surface area contributed by atoms with Gasteiger partial charge in [0.15, 0.2) is 10.9 Å². The quantitative estimate of drug-likeness (QED) is 0.279. The monoisotopic (exact) mass is 473 g/mol. The second-order valence-corrected chi connectivity index (χ2v) is 8.40. The molecular weight excluding hydrogens is 456 g/mol. The van der Waals surface area contributed by atoms with Crippen LogP contribution in [0.15, 0.2) is 91.1 Å². The summed E-state index contributed by atoms with van der Waals surface area (Å²) in [7, 11) is 0. The zero-order valence-electron chi connectivity index (χ0n) is 17.7. The Morgan fingerprint density at radius 1 is 0.912 bits per heavy atom. The predicted octanol–water partition coefficient (Wildman–Crippen LogP) is 6.61. The number of carbonyl (C=O) groups excluding carboxylic acids is 1. The number of fused-ring (bicyclic) bond motifs is 1. The molecule has 0 aliphatic heterocycles. The van der Waals surface area contributed by atoms with Crippen molar-refractivity contribution in [2.75, 3.05) is 4.90 Å². The van der Waals surface area contributed by atoms with Crippen molar-refractivity contribution in [3.8, 4) is 11.5 Å². The summed E-state index contributed by atoms with van der Waals surface area (Å²) in [6, 6.07) is 23.3. The first-order valence-electron chi connectivity index (χ1n) is 10.4. The average Bonchev–Trinajstić information content (AvgIpc) is 3.28. The van der Waals surface area contributed by atoms with E-state index in [0.717, 1.165) is 17.4 Å². The van der Waals surface area contributed by atoms with Gasteiger partial charge in [-0.1, -0.05) is 41.7 Å². The van der Waals surface area contributed by atoms with Gasteiger partial charge in [-0.15, -0.1) is 0 Å². The van der Waals surface area contributed by atoms with E-state index in [1.807, 2.05) is 36.4 Å². The molecule has 0 spiro atoms. The first-order valence-corrected chi connectivity index (χ1v) is 11.2. The first kappa shape index (κ1) is 21.7. The highest BCUT2D eigenvalue weighted by molar-refractivity contribution is 7.22. The maximum absolute atomic E-state index is 14.3. The normalized spacial score (nSPS) is 10.9. The molecule has 0 aliphatic carbocycles. The molecule has 0 unspecified atom stereocenters. The van der Waals surface area contributed by atoms with Crippen molar-refractivity contribution in [1.82, 2.24) is 9.97 Å². The van der Waals surface area contributed by atoms with Gasteiger partial charge in [0, 0.05) is 17.8 Å². The number of halogens is 2. The third-order valence-electron chi connectivity index (χ3n) is 4.98. The Bertz CT molecular complexity index is 1460. The fourth-order valence-electron chi connectivity index (χ4n) is 3.41. The van der Waals surface area contributed by atoms with Crippen LogP contribution in [0.4, 0.5) is 13.9 Å². The zero-order chi connectivity index (χ0) is 23.5. The topological polar surface area (TPSA) is 55.3 Å². The van der Waals surface area contributed by atoms with Crippen LogP contribution in [-0.4, -0.2) is 15.9 Å². The fraction of sp³-hybridized carbons (Fsp3) is 0.0385. The Labute approximate surface area is 197 Å². The van der Waals surface area contributed by atoms with E-state index < -0.39 is 11.6 Å². The van der Waals surface area contributed by atoms with Gasteiger partial charge in [-0.25, -0.2) is 13.8 Å². The highest BCUT2D eigenvalue weighted by Crippen LogP contribution is 2.33. The molecule has 0 atom stereocenters. The molecule has 0 N–H and O–H groups in total. The van der Waals surface area contributed by atoms with Gasteiger partial charge in [0.05, 0.1) is 16.9 Å². The predicted molar refractivity (Wildman–Crippen MR) is 127 cm³/mol. The molecule has 3 aromatic carbocycles. The molecule has 1 amide bonds. The number of ether oxygens (including phenoxy) is 1. The van der Waals surface area contributed by atoms with E-state index in [0.29, 0.717) is 27.5 Å². The lowest BCUT2D eigenvalue weighted by Crippen LogP contribution is -2.30. The van der Waals surface area contributed by atoms with Crippen molar-refractivity contribution in [3.63, 3.8) is 0 Å². The number of hydrogen-bond acceptors (Lipinski definition) is 5. The third-order valence-corrected chi connectivity index (χ3v) is 6.01. The molecule has 2 aromatic heterocycles. The van der Waals surface area contributed by atoms with Crippen LogP contribution >= 0.6 is 11.3 Å². The lowest BCUT2D eigenvalue weighted by atomic mass is 10.2. The number of carbonyl (C=O) groups is 1. The Morgan fingerprint density at radius 3 is 2.50 bits per heavy atom. The van der Waals surface area contributed by atoms with Crippen LogP contribution in [0.2, 0.25) is 0 Å². The van der Waals surface area contributed by atoms with Gasteiger partial charge in [-0.3, -0.25) is 14.7 Å². The molecular formula is C26H17F2N3O2S. The molecule has 0 radical (unpaired) electrons. The summed E-state index contributed by atoms with van der Waals surface area (Å²) >= 11 is 1.04. The highest BCUT2D eigenvalue weighted by atomic mass is 32.1. The van der Waals surface area contributed by atoms with Crippen molar-refractivity contribution < 1.29 is 18.3 Å². The van der Waals surface area contributed by atoms with Crippen LogP contribution in [0.3, 0.4) is 0 Å². The van der Waals surface area contributed by atoms with Gasteiger partial charge in [0.1, 0.15) is 22.8 Å². The molecule has 0 saturated carbocycles. The van der Waals surface area contributed by atoms with Crippen molar-refractivity contribution in [3.05, 3.63) is 114 Å². The fourth-order valence-corrected chi connectivity index (χ4v) is 4.42. The average molecular weight is 474 g/mol. The van der Waals surface area contributed by atoms with Crippen LogP contribution in [0.5, 0.6) is 11.5 Å². The summed E-state index contributed by atoms with van der Waals surface area (Å²) in [5, 5.41) is 0.240. The zero-order valence-corrected chi connectivity index (χ0v) is 18.5. The summed E-state index contributed by atoms with van der Waals surface area (Å²) in [5.41, 5.74) is 0.995.